The van der Waals surface area contributed by atoms with E-state index in [1.54, 1.807) is 6.07 Å². The van der Waals surface area contributed by atoms with Gasteiger partial charge in [-0.15, -0.1) is 0 Å². The highest BCUT2D eigenvalue weighted by atomic mass is 19.4. The minimum atomic E-state index is -5.67. The quantitative estimate of drug-likeness (QED) is 0.827. The maximum atomic E-state index is 13.0. The molecule has 18 heavy (non-hydrogen) atoms. The van der Waals surface area contributed by atoms with E-state index in [0.717, 1.165) is 6.92 Å². The first-order chi connectivity index (χ1) is 7.97. The molecule has 102 valence electrons. The number of benzene rings is 1. The van der Waals surface area contributed by atoms with Gasteiger partial charge < -0.3 is 5.11 Å². The van der Waals surface area contributed by atoms with Crippen molar-refractivity contribution < 1.29 is 27.1 Å². The molecule has 1 rings (SSSR count). The van der Waals surface area contributed by atoms with Gasteiger partial charge in [0.1, 0.15) is 0 Å². The van der Waals surface area contributed by atoms with Crippen LogP contribution in [0.3, 0.4) is 0 Å². The molecular formula is C12H13F5O. The van der Waals surface area contributed by atoms with Crippen LogP contribution in [0, 0.1) is 6.92 Å². The summed E-state index contributed by atoms with van der Waals surface area (Å²) in [5.41, 5.74) is -1.72. The molecule has 1 atom stereocenters. The molecule has 0 bridgehead atoms. The monoisotopic (exact) mass is 268 g/mol. The summed E-state index contributed by atoms with van der Waals surface area (Å²) in [7, 11) is 0. The maximum absolute atomic E-state index is 13.0. The molecule has 1 aromatic carbocycles. The lowest BCUT2D eigenvalue weighted by Gasteiger charge is -2.30. The summed E-state index contributed by atoms with van der Waals surface area (Å²) in [6, 6.07) is 5.96. The smallest absolute Gasteiger partial charge is 0.385 e. The lowest BCUT2D eigenvalue weighted by atomic mass is 9.86. The van der Waals surface area contributed by atoms with Gasteiger partial charge in [-0.25, -0.2) is 0 Å². The van der Waals surface area contributed by atoms with E-state index < -0.39 is 24.1 Å². The maximum Gasteiger partial charge on any atom is 0.453 e. The second kappa shape index (κ2) is 4.50. The van der Waals surface area contributed by atoms with Gasteiger partial charge in [0, 0.05) is 0 Å². The Morgan fingerprint density at radius 2 is 1.56 bits per heavy atom. The van der Waals surface area contributed by atoms with Crippen LogP contribution in [0.4, 0.5) is 22.0 Å². The zero-order valence-electron chi connectivity index (χ0n) is 9.85. The first kappa shape index (κ1) is 14.9. The van der Waals surface area contributed by atoms with E-state index in [0.29, 0.717) is 5.56 Å². The van der Waals surface area contributed by atoms with Crippen LogP contribution < -0.4 is 0 Å². The van der Waals surface area contributed by atoms with Crippen molar-refractivity contribution in [3.8, 4) is 0 Å². The Bertz CT molecular complexity index is 423. The van der Waals surface area contributed by atoms with Crippen LogP contribution in [-0.4, -0.2) is 17.2 Å². The summed E-state index contributed by atoms with van der Waals surface area (Å²) in [6.07, 6.45) is -7.37. The SMILES string of the molecule is Cc1ccccc1C(C)(O)CC(F)(F)C(F)(F)F. The molecule has 0 radical (unpaired) electrons. The first-order valence-electron chi connectivity index (χ1n) is 5.20. The molecule has 1 unspecified atom stereocenters. The number of halogens is 5. The largest absolute Gasteiger partial charge is 0.453 e. The van der Waals surface area contributed by atoms with E-state index >= 15 is 0 Å². The average Bonchev–Trinajstić information content (AvgIpc) is 2.14. The van der Waals surface area contributed by atoms with E-state index in [2.05, 4.69) is 0 Å². The highest BCUT2D eigenvalue weighted by Crippen LogP contribution is 2.44. The van der Waals surface area contributed by atoms with Crippen LogP contribution in [0.25, 0.3) is 0 Å². The zero-order chi connectivity index (χ0) is 14.2. The molecule has 0 amide bonds. The topological polar surface area (TPSA) is 20.2 Å². The molecular weight excluding hydrogens is 255 g/mol. The molecule has 0 aliphatic heterocycles. The van der Waals surface area contributed by atoms with Gasteiger partial charge in [0.05, 0.1) is 12.0 Å². The molecule has 0 aliphatic rings. The minimum absolute atomic E-state index is 0.0638. The van der Waals surface area contributed by atoms with Crippen LogP contribution in [0.1, 0.15) is 24.5 Å². The van der Waals surface area contributed by atoms with Crippen molar-refractivity contribution in [3.63, 3.8) is 0 Å². The third-order valence-electron chi connectivity index (χ3n) is 2.71. The Hall–Kier alpha value is -1.17. The Kier molecular flexibility index (Phi) is 3.72. The number of aryl methyl sites for hydroxylation is 1. The van der Waals surface area contributed by atoms with Gasteiger partial charge in [-0.1, -0.05) is 24.3 Å². The van der Waals surface area contributed by atoms with Crippen molar-refractivity contribution in [1.82, 2.24) is 0 Å². The number of aliphatic hydroxyl groups is 1. The molecule has 0 fully saturated rings. The van der Waals surface area contributed by atoms with E-state index in [1.165, 1.54) is 25.1 Å². The lowest BCUT2D eigenvalue weighted by molar-refractivity contribution is -0.297. The fraction of sp³-hybridized carbons (Fsp3) is 0.500. The van der Waals surface area contributed by atoms with E-state index in [9.17, 15) is 27.1 Å². The Labute approximate surface area is 101 Å². The average molecular weight is 268 g/mol. The minimum Gasteiger partial charge on any atom is -0.385 e. The fourth-order valence-electron chi connectivity index (χ4n) is 1.80. The van der Waals surface area contributed by atoms with Gasteiger partial charge in [0.15, 0.2) is 0 Å². The highest BCUT2D eigenvalue weighted by molar-refractivity contribution is 5.31. The molecule has 1 nitrogen and oxygen atoms in total. The Balaban J connectivity index is 3.06. The van der Waals surface area contributed by atoms with Crippen molar-refractivity contribution in [1.29, 1.82) is 0 Å². The Morgan fingerprint density at radius 1 is 1.06 bits per heavy atom. The highest BCUT2D eigenvalue weighted by Gasteiger charge is 2.60. The van der Waals surface area contributed by atoms with Crippen molar-refractivity contribution in [2.24, 2.45) is 0 Å². The van der Waals surface area contributed by atoms with Crippen molar-refractivity contribution in [2.75, 3.05) is 0 Å². The zero-order valence-corrected chi connectivity index (χ0v) is 9.85. The molecule has 0 aromatic heterocycles. The van der Waals surface area contributed by atoms with Crippen molar-refractivity contribution in [3.05, 3.63) is 35.4 Å². The van der Waals surface area contributed by atoms with E-state index in [1.807, 2.05) is 0 Å². The molecule has 0 saturated carbocycles. The second-order valence-corrected chi connectivity index (χ2v) is 4.47. The predicted molar refractivity (Wildman–Crippen MR) is 56.4 cm³/mol. The van der Waals surface area contributed by atoms with Crippen LogP contribution in [0.5, 0.6) is 0 Å². The lowest BCUT2D eigenvalue weighted by Crippen LogP contribution is -2.42. The number of hydrogen-bond acceptors (Lipinski definition) is 1. The molecule has 0 aliphatic carbocycles. The van der Waals surface area contributed by atoms with Crippen LogP contribution in [-0.2, 0) is 5.60 Å². The van der Waals surface area contributed by atoms with Gasteiger partial charge in [-0.3, -0.25) is 0 Å². The molecule has 1 aromatic rings. The molecule has 0 spiro atoms. The molecule has 0 heterocycles. The van der Waals surface area contributed by atoms with Crippen molar-refractivity contribution in [2.45, 2.75) is 38.0 Å². The van der Waals surface area contributed by atoms with E-state index in [4.69, 9.17) is 0 Å². The predicted octanol–water partition coefficient (Wildman–Crippen LogP) is 3.79. The van der Waals surface area contributed by atoms with Crippen LogP contribution >= 0.6 is 0 Å². The number of rotatable bonds is 3. The third-order valence-corrected chi connectivity index (χ3v) is 2.71. The molecule has 6 heteroatoms. The number of alkyl halides is 5. The molecule has 1 N–H and O–H groups in total. The number of hydrogen-bond donors (Lipinski definition) is 1. The third kappa shape index (κ3) is 2.98. The fourth-order valence-corrected chi connectivity index (χ4v) is 1.80. The first-order valence-corrected chi connectivity index (χ1v) is 5.20. The van der Waals surface area contributed by atoms with Gasteiger partial charge in [0.25, 0.3) is 0 Å². The summed E-state index contributed by atoms with van der Waals surface area (Å²) in [4.78, 5) is 0. The van der Waals surface area contributed by atoms with Gasteiger partial charge in [-0.2, -0.15) is 22.0 Å². The summed E-state index contributed by atoms with van der Waals surface area (Å²) in [5, 5.41) is 9.89. The van der Waals surface area contributed by atoms with Crippen LogP contribution in [0.15, 0.2) is 24.3 Å². The summed E-state index contributed by atoms with van der Waals surface area (Å²) < 4.78 is 62.3. The molecule has 0 saturated heterocycles. The summed E-state index contributed by atoms with van der Waals surface area (Å²) in [6.45, 7) is 2.49. The van der Waals surface area contributed by atoms with Gasteiger partial charge in [0.2, 0.25) is 0 Å². The standard InChI is InChI=1S/C12H13F5O/c1-8-5-3-4-6-9(8)10(2,18)7-11(13,14)12(15,16)17/h3-6,18H,7H2,1-2H3. The normalized spacial score (nSPS) is 16.4. The van der Waals surface area contributed by atoms with Gasteiger partial charge >= 0.3 is 12.1 Å². The summed E-state index contributed by atoms with van der Waals surface area (Å²) in [5.74, 6) is -4.93. The van der Waals surface area contributed by atoms with E-state index in [-0.39, 0.29) is 5.56 Å². The second-order valence-electron chi connectivity index (χ2n) is 4.47. The summed E-state index contributed by atoms with van der Waals surface area (Å²) >= 11 is 0. The van der Waals surface area contributed by atoms with Gasteiger partial charge in [-0.05, 0) is 25.0 Å². The Morgan fingerprint density at radius 3 is 2.00 bits per heavy atom. The van der Waals surface area contributed by atoms with Crippen LogP contribution in [0.2, 0.25) is 0 Å². The van der Waals surface area contributed by atoms with Crippen molar-refractivity contribution >= 4 is 0 Å².